The number of carbonyl (C=O) groups excluding carboxylic acids is 4. The topological polar surface area (TPSA) is 152 Å². The number of ether oxygens (including phenoxy) is 2. The second-order valence-electron chi connectivity index (χ2n) is 12.2. The van der Waals surface area contributed by atoms with Gasteiger partial charge in [-0.3, -0.25) is 14.4 Å². The highest BCUT2D eigenvalue weighted by atomic mass is 16.6. The molecule has 1 saturated carbocycles. The third-order valence-electron chi connectivity index (χ3n) is 8.06. The molecule has 11 heteroatoms. The first-order valence-corrected chi connectivity index (χ1v) is 14.2. The van der Waals surface area contributed by atoms with E-state index in [1.165, 1.54) is 0 Å². The molecule has 0 aromatic heterocycles. The van der Waals surface area contributed by atoms with Crippen molar-refractivity contribution in [2.75, 3.05) is 13.1 Å². The SMILES string of the molecule is C[C@@H](OCc1ccccc1)[C@H](CCC(N)=O)NC(=O)[C@@H]1CC[C@]23CC2CNC[C@H](NC(=O)OC(C)(C)C)C(=O)N13. The van der Waals surface area contributed by atoms with Crippen LogP contribution in [0.5, 0.6) is 0 Å². The Morgan fingerprint density at radius 3 is 2.60 bits per heavy atom. The number of amides is 4. The van der Waals surface area contributed by atoms with Crippen molar-refractivity contribution in [2.24, 2.45) is 11.7 Å². The van der Waals surface area contributed by atoms with Crippen LogP contribution in [0.15, 0.2) is 30.3 Å². The Morgan fingerprint density at radius 1 is 1.20 bits per heavy atom. The largest absolute Gasteiger partial charge is 0.444 e. The van der Waals surface area contributed by atoms with Crippen LogP contribution in [-0.2, 0) is 30.5 Å². The van der Waals surface area contributed by atoms with Gasteiger partial charge in [0.15, 0.2) is 0 Å². The average molecular weight is 558 g/mol. The number of rotatable bonds is 10. The molecule has 0 radical (unpaired) electrons. The summed E-state index contributed by atoms with van der Waals surface area (Å²) < 4.78 is 11.4. The second-order valence-corrected chi connectivity index (χ2v) is 12.2. The van der Waals surface area contributed by atoms with Crippen molar-refractivity contribution in [1.29, 1.82) is 0 Å². The van der Waals surface area contributed by atoms with Gasteiger partial charge in [-0.1, -0.05) is 30.3 Å². The van der Waals surface area contributed by atoms with E-state index in [2.05, 4.69) is 16.0 Å². The summed E-state index contributed by atoms with van der Waals surface area (Å²) in [6, 6.07) is 7.68. The number of nitrogens with two attached hydrogens (primary N) is 1. The summed E-state index contributed by atoms with van der Waals surface area (Å²) in [7, 11) is 0. The second kappa shape index (κ2) is 12.1. The molecule has 1 unspecified atom stereocenters. The van der Waals surface area contributed by atoms with Gasteiger partial charge >= 0.3 is 6.09 Å². The first-order valence-electron chi connectivity index (χ1n) is 14.2. The highest BCUT2D eigenvalue weighted by Gasteiger charge is 2.66. The maximum atomic E-state index is 13.9. The Bertz CT molecular complexity index is 1090. The molecule has 2 saturated heterocycles. The van der Waals surface area contributed by atoms with Gasteiger partial charge in [0, 0.05) is 25.0 Å². The number of nitrogens with zero attached hydrogens (tertiary/aromatic N) is 1. The minimum absolute atomic E-state index is 0.0941. The first kappa shape index (κ1) is 29.8. The van der Waals surface area contributed by atoms with Gasteiger partial charge in [-0.25, -0.2) is 4.79 Å². The van der Waals surface area contributed by atoms with Gasteiger partial charge in [-0.05, 0) is 64.9 Å². The van der Waals surface area contributed by atoms with Gasteiger partial charge in [0.2, 0.25) is 17.7 Å². The Morgan fingerprint density at radius 2 is 1.93 bits per heavy atom. The van der Waals surface area contributed by atoms with Crippen LogP contribution in [0.4, 0.5) is 4.79 Å². The van der Waals surface area contributed by atoms with Crippen molar-refractivity contribution in [3.05, 3.63) is 35.9 Å². The van der Waals surface area contributed by atoms with Crippen LogP contribution in [-0.4, -0.2) is 77.2 Å². The van der Waals surface area contributed by atoms with E-state index < -0.39 is 47.4 Å². The van der Waals surface area contributed by atoms with Crippen LogP contribution in [0, 0.1) is 5.92 Å². The molecule has 0 bridgehead atoms. The third kappa shape index (κ3) is 7.11. The van der Waals surface area contributed by atoms with Crippen molar-refractivity contribution >= 4 is 23.8 Å². The molecule has 220 valence electrons. The van der Waals surface area contributed by atoms with Gasteiger partial charge in [0.25, 0.3) is 0 Å². The standard InChI is InChI=1S/C29H43N5O6/c1-18(39-17-19-8-6-5-7-9-19)21(10-11-24(30)35)32-25(36)23-12-13-29-14-20(29)15-31-16-22(26(37)34(23)29)33-27(38)40-28(2,3)4/h5-9,18,20-23,31H,10-17H2,1-4H3,(H2,30,35)(H,32,36)(H,33,38)/t18-,20?,21+,22+,23+,29+/m1/s1. The van der Waals surface area contributed by atoms with Gasteiger partial charge in [-0.2, -0.15) is 0 Å². The van der Waals surface area contributed by atoms with Crippen molar-refractivity contribution in [2.45, 2.75) is 102 Å². The van der Waals surface area contributed by atoms with Crippen molar-refractivity contribution < 1.29 is 28.7 Å². The molecule has 1 aromatic rings. The minimum atomic E-state index is -0.861. The summed E-state index contributed by atoms with van der Waals surface area (Å²) >= 11 is 0. The van der Waals surface area contributed by atoms with E-state index >= 15 is 0 Å². The molecule has 3 fully saturated rings. The molecule has 40 heavy (non-hydrogen) atoms. The maximum Gasteiger partial charge on any atom is 0.408 e. The fourth-order valence-corrected chi connectivity index (χ4v) is 5.94. The summed E-state index contributed by atoms with van der Waals surface area (Å²) in [4.78, 5) is 53.4. The molecule has 1 spiro atoms. The van der Waals surface area contributed by atoms with Crippen LogP contribution in [0.2, 0.25) is 0 Å². The quantitative estimate of drug-likeness (QED) is 0.341. The van der Waals surface area contributed by atoms with Crippen LogP contribution in [0.1, 0.15) is 65.4 Å². The van der Waals surface area contributed by atoms with E-state index in [0.29, 0.717) is 32.4 Å². The maximum absolute atomic E-state index is 13.9. The molecule has 6 atom stereocenters. The number of primary amides is 1. The molecule has 2 heterocycles. The lowest BCUT2D eigenvalue weighted by atomic mass is 10.0. The van der Waals surface area contributed by atoms with Crippen LogP contribution in [0.25, 0.3) is 0 Å². The normalized spacial score (nSPS) is 27.4. The zero-order valence-electron chi connectivity index (χ0n) is 23.9. The predicted molar refractivity (Wildman–Crippen MR) is 148 cm³/mol. The van der Waals surface area contributed by atoms with E-state index in [0.717, 1.165) is 12.0 Å². The Kier molecular flexibility index (Phi) is 9.04. The minimum Gasteiger partial charge on any atom is -0.444 e. The average Bonchev–Trinajstić information content (AvgIpc) is 3.42. The molecule has 4 rings (SSSR count). The Hall–Kier alpha value is -3.18. The van der Waals surface area contributed by atoms with Gasteiger partial charge in [0.1, 0.15) is 17.7 Å². The molecule has 3 aliphatic rings. The predicted octanol–water partition coefficient (Wildman–Crippen LogP) is 1.59. The number of benzene rings is 1. The summed E-state index contributed by atoms with van der Waals surface area (Å²) in [6.45, 7) is 8.44. The van der Waals surface area contributed by atoms with E-state index in [1.807, 2.05) is 37.3 Å². The molecule has 5 N–H and O–H groups in total. The van der Waals surface area contributed by atoms with Crippen LogP contribution < -0.4 is 21.7 Å². The third-order valence-corrected chi connectivity index (χ3v) is 8.06. The highest BCUT2D eigenvalue weighted by Crippen LogP contribution is 2.57. The lowest BCUT2D eigenvalue weighted by molar-refractivity contribution is -0.144. The lowest BCUT2D eigenvalue weighted by Gasteiger charge is -2.37. The fraction of sp³-hybridized carbons (Fsp3) is 0.655. The van der Waals surface area contributed by atoms with Crippen molar-refractivity contribution in [3.8, 4) is 0 Å². The van der Waals surface area contributed by atoms with E-state index in [1.54, 1.807) is 25.7 Å². The smallest absolute Gasteiger partial charge is 0.408 e. The summed E-state index contributed by atoms with van der Waals surface area (Å²) in [5, 5.41) is 9.08. The number of carbonyl (C=O) groups is 4. The lowest BCUT2D eigenvalue weighted by Crippen LogP contribution is -2.62. The zero-order chi connectivity index (χ0) is 29.1. The van der Waals surface area contributed by atoms with Crippen LogP contribution in [0.3, 0.4) is 0 Å². The molecular formula is C29H43N5O6. The van der Waals surface area contributed by atoms with Crippen molar-refractivity contribution in [1.82, 2.24) is 20.9 Å². The highest BCUT2D eigenvalue weighted by molar-refractivity contribution is 5.93. The Labute approximate surface area is 235 Å². The van der Waals surface area contributed by atoms with Crippen molar-refractivity contribution in [3.63, 3.8) is 0 Å². The Balaban J connectivity index is 1.47. The summed E-state index contributed by atoms with van der Waals surface area (Å²) in [5.41, 5.74) is 5.31. The van der Waals surface area contributed by atoms with Crippen LogP contribution >= 0.6 is 0 Å². The number of nitrogens with one attached hydrogen (secondary N) is 3. The number of alkyl carbamates (subject to hydrolysis) is 1. The first-order chi connectivity index (χ1) is 18.9. The summed E-state index contributed by atoms with van der Waals surface area (Å²) in [6.07, 6.45) is 1.39. The van der Waals surface area contributed by atoms with E-state index in [4.69, 9.17) is 15.2 Å². The van der Waals surface area contributed by atoms with E-state index in [-0.39, 0.29) is 30.7 Å². The molecular weight excluding hydrogens is 514 g/mol. The van der Waals surface area contributed by atoms with Gasteiger partial charge in [-0.15, -0.1) is 0 Å². The molecule has 2 aliphatic heterocycles. The van der Waals surface area contributed by atoms with E-state index in [9.17, 15) is 19.2 Å². The number of hydrogen-bond donors (Lipinski definition) is 4. The van der Waals surface area contributed by atoms with Gasteiger partial charge in [0.05, 0.1) is 18.8 Å². The fourth-order valence-electron chi connectivity index (χ4n) is 5.94. The monoisotopic (exact) mass is 557 g/mol. The zero-order valence-corrected chi connectivity index (χ0v) is 23.9. The molecule has 1 aromatic carbocycles. The number of hydrogen-bond acceptors (Lipinski definition) is 7. The van der Waals surface area contributed by atoms with Gasteiger partial charge < -0.3 is 36.1 Å². The molecule has 1 aliphatic carbocycles. The molecule has 4 amide bonds. The summed E-state index contributed by atoms with van der Waals surface area (Å²) in [5.74, 6) is -0.779. The molecule has 11 nitrogen and oxygen atoms in total.